The normalized spacial score (nSPS) is 8.45. The van der Waals surface area contributed by atoms with Gasteiger partial charge in [0.2, 0.25) is 0 Å². The minimum absolute atomic E-state index is 0. The van der Waals surface area contributed by atoms with E-state index in [-0.39, 0.29) is 38.4 Å². The molecule has 0 amide bonds. The Hall–Kier alpha value is -0.276. The molecule has 0 fully saturated rings. The van der Waals surface area contributed by atoms with Crippen molar-refractivity contribution >= 4 is 5.69 Å². The minimum atomic E-state index is -0.459. The van der Waals surface area contributed by atoms with Crippen molar-refractivity contribution < 1.29 is 37.6 Å². The molecule has 0 bridgehead atoms. The fourth-order valence-corrected chi connectivity index (χ4v) is 0.608. The van der Waals surface area contributed by atoms with Gasteiger partial charge in [0.15, 0.2) is 5.69 Å². The molecule has 4 heteroatoms. The van der Waals surface area contributed by atoms with E-state index in [2.05, 4.69) is 6.07 Å². The third-order valence-electron chi connectivity index (χ3n) is 1.15. The first kappa shape index (κ1) is 10.7. The molecule has 0 atom stereocenters. The molecule has 11 heavy (non-hydrogen) atoms. The van der Waals surface area contributed by atoms with Crippen LogP contribution in [0.15, 0.2) is 18.2 Å². The average molecular weight is 225 g/mol. The van der Waals surface area contributed by atoms with Gasteiger partial charge in [-0.25, -0.2) is 0 Å². The first-order valence-electron chi connectivity index (χ1n) is 2.83. The molecule has 1 aromatic rings. The standard InChI is InChI=1S/C7H6NO2.Y/c1-6-2-4-7(5-3-6)8(9)10;/h2-4H,1H3;/q-1;. The molecule has 0 aliphatic heterocycles. The third kappa shape index (κ3) is 3.08. The van der Waals surface area contributed by atoms with Gasteiger partial charge in [0.1, 0.15) is 0 Å². The fourth-order valence-electron chi connectivity index (χ4n) is 0.608. The summed E-state index contributed by atoms with van der Waals surface area (Å²) in [6, 6.07) is 7.26. The van der Waals surface area contributed by atoms with Crippen LogP contribution in [-0.4, -0.2) is 4.92 Å². The van der Waals surface area contributed by atoms with Crippen LogP contribution >= 0.6 is 0 Å². The summed E-state index contributed by atoms with van der Waals surface area (Å²) in [4.78, 5) is 9.63. The van der Waals surface area contributed by atoms with E-state index in [1.807, 2.05) is 6.92 Å². The van der Waals surface area contributed by atoms with Crippen molar-refractivity contribution in [3.63, 3.8) is 0 Å². The molecule has 55 valence electrons. The Kier molecular flexibility index (Phi) is 4.46. The van der Waals surface area contributed by atoms with Gasteiger partial charge in [0, 0.05) is 37.6 Å². The van der Waals surface area contributed by atoms with Gasteiger partial charge in [-0.1, -0.05) is 13.0 Å². The van der Waals surface area contributed by atoms with Crippen LogP contribution < -0.4 is 0 Å². The summed E-state index contributed by atoms with van der Waals surface area (Å²) in [6.07, 6.45) is 0. The van der Waals surface area contributed by atoms with Crippen LogP contribution in [0.5, 0.6) is 0 Å². The Balaban J connectivity index is 0.000001000. The molecule has 0 N–H and O–H groups in total. The first-order chi connectivity index (χ1) is 4.70. The number of aryl methyl sites for hydroxylation is 1. The van der Waals surface area contributed by atoms with Crippen LogP contribution in [0.2, 0.25) is 0 Å². The van der Waals surface area contributed by atoms with Gasteiger partial charge in [-0.2, -0.15) is 17.7 Å². The van der Waals surface area contributed by atoms with Crippen molar-refractivity contribution in [3.8, 4) is 0 Å². The maximum absolute atomic E-state index is 10.1. The largest absolute Gasteiger partial charge is 0.260 e. The summed E-state index contributed by atoms with van der Waals surface area (Å²) in [5, 5.41) is 10.1. The van der Waals surface area contributed by atoms with E-state index in [0.29, 0.717) is 0 Å². The van der Waals surface area contributed by atoms with E-state index in [1.165, 1.54) is 6.07 Å². The molecule has 0 aromatic heterocycles. The van der Waals surface area contributed by atoms with E-state index in [1.54, 1.807) is 12.1 Å². The van der Waals surface area contributed by atoms with E-state index in [4.69, 9.17) is 0 Å². The van der Waals surface area contributed by atoms with Crippen molar-refractivity contribution in [1.82, 2.24) is 0 Å². The molecule has 0 heterocycles. The van der Waals surface area contributed by atoms with Gasteiger partial charge < -0.3 is 0 Å². The van der Waals surface area contributed by atoms with Gasteiger partial charge >= 0.3 is 0 Å². The number of benzene rings is 1. The summed E-state index contributed by atoms with van der Waals surface area (Å²) < 4.78 is 0. The third-order valence-corrected chi connectivity index (χ3v) is 1.15. The van der Waals surface area contributed by atoms with Crippen molar-refractivity contribution in [2.75, 3.05) is 0 Å². The molecular formula is C7H6NO2Y-. The van der Waals surface area contributed by atoms with Crippen molar-refractivity contribution in [1.29, 1.82) is 0 Å². The summed E-state index contributed by atoms with van der Waals surface area (Å²) >= 11 is 0. The Labute approximate surface area is 89.8 Å². The predicted molar refractivity (Wildman–Crippen MR) is 36.7 cm³/mol. The van der Waals surface area contributed by atoms with Gasteiger partial charge in [-0.3, -0.25) is 10.1 Å². The Morgan fingerprint density at radius 3 is 2.55 bits per heavy atom. The maximum Gasteiger partial charge on any atom is 0.162 e. The molecule has 0 aliphatic rings. The molecule has 0 saturated heterocycles. The number of nitro benzene ring substituents is 1. The van der Waals surface area contributed by atoms with Gasteiger partial charge in [0.05, 0.1) is 0 Å². The smallest absolute Gasteiger partial charge is 0.162 e. The van der Waals surface area contributed by atoms with Crippen LogP contribution in [0.25, 0.3) is 0 Å². The van der Waals surface area contributed by atoms with E-state index < -0.39 is 4.92 Å². The zero-order valence-corrected chi connectivity index (χ0v) is 8.91. The molecule has 1 aromatic carbocycles. The number of hydrogen-bond acceptors (Lipinski definition) is 2. The topological polar surface area (TPSA) is 43.1 Å². The predicted octanol–water partition coefficient (Wildman–Crippen LogP) is 1.70. The number of nitrogens with zero attached hydrogens (tertiary/aromatic N) is 1. The van der Waals surface area contributed by atoms with E-state index in [0.717, 1.165) is 5.56 Å². The molecule has 3 nitrogen and oxygen atoms in total. The summed E-state index contributed by atoms with van der Waals surface area (Å²) in [5.41, 5.74) is 0.996. The van der Waals surface area contributed by atoms with Gasteiger partial charge in [-0.05, 0) is 0 Å². The van der Waals surface area contributed by atoms with Crippen LogP contribution in [0.3, 0.4) is 0 Å². The second-order valence-electron chi connectivity index (χ2n) is 2.01. The van der Waals surface area contributed by atoms with E-state index >= 15 is 0 Å². The monoisotopic (exact) mass is 225 g/mol. The summed E-state index contributed by atoms with van der Waals surface area (Å²) in [7, 11) is 0. The zero-order valence-electron chi connectivity index (χ0n) is 6.07. The molecule has 0 saturated carbocycles. The van der Waals surface area contributed by atoms with Crippen LogP contribution in [0.4, 0.5) is 5.69 Å². The summed E-state index contributed by atoms with van der Waals surface area (Å²) in [5.74, 6) is 0. The second kappa shape index (κ2) is 4.57. The van der Waals surface area contributed by atoms with E-state index in [9.17, 15) is 10.1 Å². The number of hydrogen-bond donors (Lipinski definition) is 0. The van der Waals surface area contributed by atoms with Crippen LogP contribution in [-0.2, 0) is 32.7 Å². The summed E-state index contributed by atoms with van der Waals surface area (Å²) in [6.45, 7) is 1.86. The minimum Gasteiger partial charge on any atom is -0.260 e. The molecule has 0 aliphatic carbocycles. The quantitative estimate of drug-likeness (QED) is 0.414. The second-order valence-corrected chi connectivity index (χ2v) is 2.01. The van der Waals surface area contributed by atoms with Crippen LogP contribution in [0, 0.1) is 23.1 Å². The van der Waals surface area contributed by atoms with Crippen molar-refractivity contribution in [3.05, 3.63) is 39.9 Å². The molecule has 1 rings (SSSR count). The molecule has 1 radical (unpaired) electrons. The fraction of sp³-hybridized carbons (Fsp3) is 0.143. The number of non-ortho nitro benzene ring substituents is 1. The SMILES string of the molecule is Cc1c[c-]c([N+](=O)[O-])cc1.[Y]. The van der Waals surface area contributed by atoms with Crippen molar-refractivity contribution in [2.45, 2.75) is 6.92 Å². The van der Waals surface area contributed by atoms with Gasteiger partial charge in [-0.15, -0.1) is 6.07 Å². The number of nitro groups is 1. The molecular weight excluding hydrogens is 219 g/mol. The van der Waals surface area contributed by atoms with Crippen LogP contribution in [0.1, 0.15) is 5.56 Å². The molecule has 0 unspecified atom stereocenters. The maximum atomic E-state index is 10.1. The van der Waals surface area contributed by atoms with Crippen molar-refractivity contribution in [2.24, 2.45) is 0 Å². The Morgan fingerprint density at radius 1 is 1.55 bits per heavy atom. The average Bonchev–Trinajstić information content (AvgIpc) is 1.88. The first-order valence-corrected chi connectivity index (χ1v) is 2.83. The Morgan fingerprint density at radius 2 is 2.18 bits per heavy atom. The molecule has 0 spiro atoms. The zero-order chi connectivity index (χ0) is 7.56. The number of rotatable bonds is 1. The van der Waals surface area contributed by atoms with Gasteiger partial charge in [0.25, 0.3) is 0 Å². The Bertz CT molecular complexity index is 245.